The number of rotatable bonds is 5. The van der Waals surface area contributed by atoms with Gasteiger partial charge in [-0.2, -0.15) is 0 Å². The molecule has 0 radical (unpaired) electrons. The Hall–Kier alpha value is -3.08. The molecule has 4 rings (SSSR count). The van der Waals surface area contributed by atoms with Gasteiger partial charge in [-0.3, -0.25) is 9.59 Å². The standard InChI is InChI=1S/C26H30N2O3/c1-31-24-10-8-21(9-11-24)23-15-18-28(19-23)26(30)22-13-16-27(17-14-22)25(29)12-7-20-5-3-2-4-6-20/h2-12,22-23H,13-19H2,1H3/b12-7+. The number of methoxy groups -OCH3 is 1. The molecule has 2 fully saturated rings. The SMILES string of the molecule is COc1ccc(C2CCN(C(=O)C3CCN(C(=O)/C=C/c4ccccc4)CC3)C2)cc1. The van der Waals surface area contributed by atoms with E-state index in [9.17, 15) is 9.59 Å². The van der Waals surface area contributed by atoms with E-state index in [0.29, 0.717) is 19.0 Å². The number of carbonyl (C=O) groups excluding carboxylic acids is 2. The van der Waals surface area contributed by atoms with E-state index in [0.717, 1.165) is 43.7 Å². The molecule has 5 nitrogen and oxygen atoms in total. The maximum atomic E-state index is 13.1. The molecule has 2 aliphatic rings. The van der Waals surface area contributed by atoms with Crippen molar-refractivity contribution in [1.29, 1.82) is 0 Å². The highest BCUT2D eigenvalue weighted by atomic mass is 16.5. The summed E-state index contributed by atoms with van der Waals surface area (Å²) in [6.45, 7) is 2.88. The lowest BCUT2D eigenvalue weighted by atomic mass is 9.95. The molecule has 2 aliphatic heterocycles. The van der Waals surface area contributed by atoms with Crippen molar-refractivity contribution >= 4 is 17.9 Å². The Morgan fingerprint density at radius 2 is 1.58 bits per heavy atom. The van der Waals surface area contributed by atoms with Crippen molar-refractivity contribution in [1.82, 2.24) is 9.80 Å². The summed E-state index contributed by atoms with van der Waals surface area (Å²) in [5.41, 5.74) is 2.28. The Balaban J connectivity index is 1.26. The highest BCUT2D eigenvalue weighted by Gasteiger charge is 2.33. The summed E-state index contributed by atoms with van der Waals surface area (Å²) in [5.74, 6) is 1.55. The highest BCUT2D eigenvalue weighted by molar-refractivity contribution is 5.92. The minimum Gasteiger partial charge on any atom is -0.497 e. The number of hydrogen-bond donors (Lipinski definition) is 0. The monoisotopic (exact) mass is 418 g/mol. The molecule has 2 heterocycles. The molecule has 0 aromatic heterocycles. The molecule has 0 saturated carbocycles. The van der Waals surface area contributed by atoms with E-state index < -0.39 is 0 Å². The first-order valence-electron chi connectivity index (χ1n) is 11.1. The highest BCUT2D eigenvalue weighted by Crippen LogP contribution is 2.31. The number of carbonyl (C=O) groups is 2. The Kier molecular flexibility index (Phi) is 6.70. The smallest absolute Gasteiger partial charge is 0.246 e. The van der Waals surface area contributed by atoms with Gasteiger partial charge in [-0.05, 0) is 48.6 Å². The fourth-order valence-electron chi connectivity index (χ4n) is 4.55. The van der Waals surface area contributed by atoms with E-state index in [4.69, 9.17) is 4.74 Å². The molecule has 2 aromatic rings. The van der Waals surface area contributed by atoms with Crippen LogP contribution in [0.5, 0.6) is 5.75 Å². The summed E-state index contributed by atoms with van der Waals surface area (Å²) < 4.78 is 5.24. The normalized spacial score (nSPS) is 19.7. The lowest BCUT2D eigenvalue weighted by Gasteiger charge is -2.32. The fourth-order valence-corrected chi connectivity index (χ4v) is 4.55. The summed E-state index contributed by atoms with van der Waals surface area (Å²) in [4.78, 5) is 29.4. The average Bonchev–Trinajstić information content (AvgIpc) is 3.33. The molecule has 0 spiro atoms. The fraction of sp³-hybridized carbons (Fsp3) is 0.385. The van der Waals surface area contributed by atoms with Crippen LogP contribution in [-0.4, -0.2) is 54.9 Å². The zero-order valence-corrected chi connectivity index (χ0v) is 18.1. The van der Waals surface area contributed by atoms with Gasteiger partial charge in [-0.25, -0.2) is 0 Å². The van der Waals surface area contributed by atoms with Gasteiger partial charge in [0.15, 0.2) is 0 Å². The largest absolute Gasteiger partial charge is 0.497 e. The molecule has 31 heavy (non-hydrogen) atoms. The third-order valence-electron chi connectivity index (χ3n) is 6.46. The van der Waals surface area contributed by atoms with Gasteiger partial charge in [0.2, 0.25) is 11.8 Å². The molecule has 2 amide bonds. The van der Waals surface area contributed by atoms with Crippen LogP contribution in [0.25, 0.3) is 6.08 Å². The molecular weight excluding hydrogens is 388 g/mol. The lowest BCUT2D eigenvalue weighted by molar-refractivity contribution is -0.138. The molecular formula is C26H30N2O3. The minimum atomic E-state index is 0.0236. The van der Waals surface area contributed by atoms with Crippen LogP contribution in [-0.2, 0) is 9.59 Å². The van der Waals surface area contributed by atoms with Gasteiger partial charge in [-0.1, -0.05) is 42.5 Å². The van der Waals surface area contributed by atoms with Crippen LogP contribution < -0.4 is 4.74 Å². The summed E-state index contributed by atoms with van der Waals surface area (Å²) in [5, 5.41) is 0. The number of benzene rings is 2. The topological polar surface area (TPSA) is 49.9 Å². The van der Waals surface area contributed by atoms with Crippen LogP contribution >= 0.6 is 0 Å². The first kappa shape index (κ1) is 21.2. The molecule has 2 aromatic carbocycles. The Bertz CT molecular complexity index is 915. The van der Waals surface area contributed by atoms with Gasteiger partial charge in [0.25, 0.3) is 0 Å². The second kappa shape index (κ2) is 9.82. The predicted molar refractivity (Wildman–Crippen MR) is 122 cm³/mol. The minimum absolute atomic E-state index is 0.0236. The summed E-state index contributed by atoms with van der Waals surface area (Å²) in [7, 11) is 1.67. The van der Waals surface area contributed by atoms with Crippen molar-refractivity contribution in [3.8, 4) is 5.75 Å². The first-order chi connectivity index (χ1) is 15.1. The van der Waals surface area contributed by atoms with Crippen LogP contribution in [0, 0.1) is 5.92 Å². The third-order valence-corrected chi connectivity index (χ3v) is 6.46. The number of hydrogen-bond acceptors (Lipinski definition) is 3. The van der Waals surface area contributed by atoms with Crippen molar-refractivity contribution in [2.24, 2.45) is 5.92 Å². The number of nitrogens with zero attached hydrogens (tertiary/aromatic N) is 2. The number of likely N-dealkylation sites (tertiary alicyclic amines) is 2. The van der Waals surface area contributed by atoms with Crippen LogP contribution in [0.4, 0.5) is 0 Å². The molecule has 0 bridgehead atoms. The van der Waals surface area contributed by atoms with Crippen LogP contribution in [0.15, 0.2) is 60.7 Å². The van der Waals surface area contributed by atoms with E-state index in [1.54, 1.807) is 13.2 Å². The van der Waals surface area contributed by atoms with Crippen molar-refractivity contribution in [2.75, 3.05) is 33.3 Å². The van der Waals surface area contributed by atoms with Crippen LogP contribution in [0.3, 0.4) is 0 Å². The van der Waals surface area contributed by atoms with Gasteiger partial charge in [-0.15, -0.1) is 0 Å². The molecule has 1 atom stereocenters. The number of amides is 2. The van der Waals surface area contributed by atoms with Gasteiger partial charge >= 0.3 is 0 Å². The quantitative estimate of drug-likeness (QED) is 0.691. The maximum absolute atomic E-state index is 13.1. The van der Waals surface area contributed by atoms with Crippen molar-refractivity contribution in [2.45, 2.75) is 25.2 Å². The van der Waals surface area contributed by atoms with Crippen molar-refractivity contribution < 1.29 is 14.3 Å². The summed E-state index contributed by atoms with van der Waals surface area (Å²) >= 11 is 0. The Labute approximate surface area is 184 Å². The third kappa shape index (κ3) is 5.16. The van der Waals surface area contributed by atoms with Crippen molar-refractivity contribution in [3.63, 3.8) is 0 Å². The van der Waals surface area contributed by atoms with Gasteiger partial charge in [0.05, 0.1) is 7.11 Å². The lowest BCUT2D eigenvalue weighted by Crippen LogP contribution is -2.43. The Morgan fingerprint density at radius 3 is 2.26 bits per heavy atom. The van der Waals surface area contributed by atoms with E-state index in [2.05, 4.69) is 12.1 Å². The van der Waals surface area contributed by atoms with Crippen LogP contribution in [0.1, 0.15) is 36.3 Å². The number of piperidine rings is 1. The first-order valence-corrected chi connectivity index (χ1v) is 11.1. The maximum Gasteiger partial charge on any atom is 0.246 e. The second-order valence-electron chi connectivity index (χ2n) is 8.39. The molecule has 2 saturated heterocycles. The summed E-state index contributed by atoms with van der Waals surface area (Å²) in [6, 6.07) is 18.0. The molecule has 0 N–H and O–H groups in total. The number of ether oxygens (including phenoxy) is 1. The van der Waals surface area contributed by atoms with E-state index >= 15 is 0 Å². The zero-order valence-electron chi connectivity index (χ0n) is 18.1. The Morgan fingerprint density at radius 1 is 0.903 bits per heavy atom. The average molecular weight is 419 g/mol. The van der Waals surface area contributed by atoms with Crippen molar-refractivity contribution in [3.05, 3.63) is 71.8 Å². The molecule has 1 unspecified atom stereocenters. The van der Waals surface area contributed by atoms with Gasteiger partial charge in [0.1, 0.15) is 5.75 Å². The zero-order chi connectivity index (χ0) is 21.6. The molecule has 5 heteroatoms. The second-order valence-corrected chi connectivity index (χ2v) is 8.39. The van der Waals surface area contributed by atoms with E-state index in [1.807, 2.05) is 58.3 Å². The van der Waals surface area contributed by atoms with E-state index in [-0.39, 0.29) is 17.7 Å². The predicted octanol–water partition coefficient (Wildman–Crippen LogP) is 3.96. The summed E-state index contributed by atoms with van der Waals surface area (Å²) in [6.07, 6.45) is 5.97. The van der Waals surface area contributed by atoms with Gasteiger partial charge < -0.3 is 14.5 Å². The van der Waals surface area contributed by atoms with Crippen LogP contribution in [0.2, 0.25) is 0 Å². The van der Waals surface area contributed by atoms with E-state index in [1.165, 1.54) is 5.56 Å². The molecule has 0 aliphatic carbocycles. The molecule has 162 valence electrons. The van der Waals surface area contributed by atoms with Gasteiger partial charge in [0, 0.05) is 44.1 Å².